The molecular formula is C12H6BrF3O4. The van der Waals surface area contributed by atoms with Crippen LogP contribution >= 0.6 is 15.9 Å². The van der Waals surface area contributed by atoms with Crippen molar-refractivity contribution in [1.29, 1.82) is 0 Å². The first kappa shape index (κ1) is 13.4. The van der Waals surface area contributed by atoms with E-state index >= 15 is 0 Å². The van der Waals surface area contributed by atoms with E-state index in [0.29, 0.717) is 10.0 Å². The van der Waals surface area contributed by atoms with Crippen LogP contribution in [0.1, 0.15) is 23.3 Å². The molecule has 4 nitrogen and oxygen atoms in total. The Bertz CT molecular complexity index is 638. The Morgan fingerprint density at radius 3 is 2.65 bits per heavy atom. The molecule has 20 heavy (non-hydrogen) atoms. The molecule has 0 amide bonds. The number of carboxylic acid groups (broad SMARTS) is 1. The molecule has 0 saturated carbocycles. The molecule has 2 aliphatic rings. The van der Waals surface area contributed by atoms with Gasteiger partial charge in [0, 0.05) is 10.0 Å². The topological polar surface area (TPSA) is 55.8 Å². The van der Waals surface area contributed by atoms with E-state index < -0.39 is 30.3 Å². The molecule has 106 valence electrons. The summed E-state index contributed by atoms with van der Waals surface area (Å²) >= 11 is 3.13. The molecular weight excluding hydrogens is 345 g/mol. The molecule has 0 radical (unpaired) electrons. The number of benzene rings is 1. The van der Waals surface area contributed by atoms with E-state index in [4.69, 9.17) is 9.84 Å². The highest BCUT2D eigenvalue weighted by Gasteiger charge is 2.49. The van der Waals surface area contributed by atoms with Gasteiger partial charge in [-0.25, -0.2) is 4.79 Å². The molecule has 0 spiro atoms. The summed E-state index contributed by atoms with van der Waals surface area (Å²) in [6, 6.07) is 4.14. The zero-order valence-electron chi connectivity index (χ0n) is 9.57. The lowest BCUT2D eigenvalue weighted by Gasteiger charge is -2.18. The summed E-state index contributed by atoms with van der Waals surface area (Å²) in [5, 5.41) is 9.12. The summed E-state index contributed by atoms with van der Waals surface area (Å²) in [6.45, 7) is 0. The highest BCUT2D eigenvalue weighted by molar-refractivity contribution is 9.11. The van der Waals surface area contributed by atoms with Gasteiger partial charge in [0.2, 0.25) is 0 Å². The van der Waals surface area contributed by atoms with Crippen LogP contribution in [0.2, 0.25) is 0 Å². The number of ether oxygens (including phenoxy) is 2. The first-order chi connectivity index (χ1) is 9.29. The number of aliphatic carboxylic acids is 1. The average molecular weight is 351 g/mol. The first-order valence-electron chi connectivity index (χ1n) is 5.46. The monoisotopic (exact) mass is 350 g/mol. The van der Waals surface area contributed by atoms with Crippen molar-refractivity contribution in [2.45, 2.75) is 18.6 Å². The molecule has 0 saturated heterocycles. The fraction of sp³-hybridized carbons (Fsp3) is 0.250. The quantitative estimate of drug-likeness (QED) is 0.887. The van der Waals surface area contributed by atoms with Gasteiger partial charge >= 0.3 is 12.3 Å². The second-order valence-electron chi connectivity index (χ2n) is 4.27. The summed E-state index contributed by atoms with van der Waals surface area (Å²) in [7, 11) is 0. The average Bonchev–Trinajstić information content (AvgIpc) is 2.82. The van der Waals surface area contributed by atoms with E-state index in [1.807, 2.05) is 0 Å². The highest BCUT2D eigenvalue weighted by atomic mass is 79.9. The van der Waals surface area contributed by atoms with Crippen LogP contribution in [0.15, 0.2) is 28.3 Å². The molecule has 1 aromatic carbocycles. The molecule has 2 heterocycles. The van der Waals surface area contributed by atoms with Crippen LogP contribution in [0.3, 0.4) is 0 Å². The number of halogens is 4. The summed E-state index contributed by atoms with van der Waals surface area (Å²) in [5.41, 5.74) is 0.504. The Morgan fingerprint density at radius 2 is 2.05 bits per heavy atom. The number of hydrogen-bond acceptors (Lipinski definition) is 3. The Labute approximate surface area is 118 Å². The van der Waals surface area contributed by atoms with Crippen molar-refractivity contribution >= 4 is 21.9 Å². The maximum atomic E-state index is 12.4. The molecule has 0 aliphatic carbocycles. The molecule has 1 N–H and O–H groups in total. The number of hydrogen-bond donors (Lipinski definition) is 1. The van der Waals surface area contributed by atoms with Gasteiger partial charge in [0.1, 0.15) is 18.0 Å². The summed E-state index contributed by atoms with van der Waals surface area (Å²) < 4.78 is 46.9. The van der Waals surface area contributed by atoms with Gasteiger partial charge < -0.3 is 14.6 Å². The molecule has 3 rings (SSSR count). The predicted octanol–water partition coefficient (Wildman–Crippen LogP) is 3.44. The third-order valence-electron chi connectivity index (χ3n) is 3.12. The van der Waals surface area contributed by atoms with Crippen molar-refractivity contribution in [3.05, 3.63) is 39.4 Å². The first-order valence-corrected chi connectivity index (χ1v) is 6.26. The van der Waals surface area contributed by atoms with Gasteiger partial charge in [0.25, 0.3) is 0 Å². The zero-order valence-corrected chi connectivity index (χ0v) is 11.2. The van der Waals surface area contributed by atoms with Crippen molar-refractivity contribution < 1.29 is 32.5 Å². The van der Waals surface area contributed by atoms with Crippen LogP contribution in [0, 0.1) is 0 Å². The minimum Gasteiger partial charge on any atom is -0.478 e. The van der Waals surface area contributed by atoms with Crippen molar-refractivity contribution in [2.24, 2.45) is 0 Å². The van der Waals surface area contributed by atoms with Crippen LogP contribution in [0.25, 0.3) is 0 Å². The van der Waals surface area contributed by atoms with Crippen molar-refractivity contribution in [3.63, 3.8) is 0 Å². The fourth-order valence-electron chi connectivity index (χ4n) is 2.45. The summed E-state index contributed by atoms with van der Waals surface area (Å²) in [4.78, 5) is 11.2. The minimum atomic E-state index is -4.85. The van der Waals surface area contributed by atoms with Gasteiger partial charge in [-0.3, -0.25) is 0 Å². The number of rotatable bonds is 2. The van der Waals surface area contributed by atoms with Gasteiger partial charge in [-0.05, 0) is 11.6 Å². The van der Waals surface area contributed by atoms with Gasteiger partial charge in [-0.2, -0.15) is 0 Å². The molecule has 1 aromatic rings. The van der Waals surface area contributed by atoms with E-state index in [-0.39, 0.29) is 11.1 Å². The number of carbonyl (C=O) groups is 1. The van der Waals surface area contributed by atoms with Gasteiger partial charge in [0.15, 0.2) is 0 Å². The van der Waals surface area contributed by atoms with E-state index in [1.165, 1.54) is 6.07 Å². The standard InChI is InChI=1S/C12H6BrF3O4/c13-8-7(11(17)18)10-6-4(9(8)19-10)2-1-3-5(6)20-12(14,15)16/h1-3,9-10H,(H,17,18)/t9-,10-/m1/s1. The van der Waals surface area contributed by atoms with Crippen LogP contribution < -0.4 is 4.74 Å². The number of alkyl halides is 3. The Morgan fingerprint density at radius 1 is 1.35 bits per heavy atom. The lowest BCUT2D eigenvalue weighted by molar-refractivity contribution is -0.275. The Hall–Kier alpha value is -1.54. The summed E-state index contributed by atoms with van der Waals surface area (Å²) in [5.74, 6) is -1.67. The third-order valence-corrected chi connectivity index (χ3v) is 3.97. The Balaban J connectivity index is 2.10. The largest absolute Gasteiger partial charge is 0.573 e. The van der Waals surface area contributed by atoms with E-state index in [0.717, 1.165) is 6.07 Å². The maximum Gasteiger partial charge on any atom is 0.573 e. The van der Waals surface area contributed by atoms with Crippen LogP contribution in [-0.2, 0) is 9.53 Å². The van der Waals surface area contributed by atoms with Crippen LogP contribution in [0.4, 0.5) is 13.2 Å². The molecule has 0 fully saturated rings. The van der Waals surface area contributed by atoms with E-state index in [9.17, 15) is 18.0 Å². The van der Waals surface area contributed by atoms with Crippen molar-refractivity contribution in [2.75, 3.05) is 0 Å². The van der Waals surface area contributed by atoms with Crippen molar-refractivity contribution in [3.8, 4) is 5.75 Å². The zero-order chi connectivity index (χ0) is 14.7. The van der Waals surface area contributed by atoms with Gasteiger partial charge in [-0.1, -0.05) is 28.1 Å². The van der Waals surface area contributed by atoms with Crippen LogP contribution in [-0.4, -0.2) is 17.4 Å². The maximum absolute atomic E-state index is 12.4. The number of carboxylic acids is 1. The molecule has 0 aromatic heterocycles. The van der Waals surface area contributed by atoms with Crippen molar-refractivity contribution in [1.82, 2.24) is 0 Å². The molecule has 0 unspecified atom stereocenters. The highest BCUT2D eigenvalue weighted by Crippen LogP contribution is 2.58. The normalized spacial score (nSPS) is 24.0. The second-order valence-corrected chi connectivity index (χ2v) is 5.12. The Kier molecular flexibility index (Phi) is 2.84. The summed E-state index contributed by atoms with van der Waals surface area (Å²) in [6.07, 6.45) is -6.60. The second kappa shape index (κ2) is 4.23. The fourth-order valence-corrected chi connectivity index (χ4v) is 3.18. The third kappa shape index (κ3) is 1.90. The predicted molar refractivity (Wildman–Crippen MR) is 63.3 cm³/mol. The molecule has 2 aliphatic heterocycles. The molecule has 2 bridgehead atoms. The lowest BCUT2D eigenvalue weighted by atomic mass is 9.91. The van der Waals surface area contributed by atoms with Gasteiger partial charge in [-0.15, -0.1) is 13.2 Å². The molecule has 8 heteroatoms. The smallest absolute Gasteiger partial charge is 0.478 e. The lowest BCUT2D eigenvalue weighted by Crippen LogP contribution is -2.20. The number of fused-ring (bicyclic) bond motifs is 5. The molecule has 2 atom stereocenters. The SMILES string of the molecule is O=C(O)C1=C(Br)[C@@H]2O[C@@H]1c1c(OC(F)(F)F)cccc12. The minimum absolute atomic E-state index is 0.0966. The van der Waals surface area contributed by atoms with E-state index in [1.54, 1.807) is 6.07 Å². The van der Waals surface area contributed by atoms with E-state index in [2.05, 4.69) is 20.7 Å². The van der Waals surface area contributed by atoms with Gasteiger partial charge in [0.05, 0.1) is 5.57 Å². The van der Waals surface area contributed by atoms with Crippen LogP contribution in [0.5, 0.6) is 5.75 Å².